The Balaban J connectivity index is 1.41. The Morgan fingerprint density at radius 2 is 1.29 bits per heavy atom. The number of rotatable bonds is 1. The fourth-order valence-corrected chi connectivity index (χ4v) is 15.0. The second-order valence-corrected chi connectivity index (χ2v) is 14.9. The minimum atomic E-state index is 0.525. The minimum absolute atomic E-state index is 0.525. The van der Waals surface area contributed by atoms with E-state index in [4.69, 9.17) is 0 Å². The van der Waals surface area contributed by atoms with E-state index in [1.165, 1.54) is 6.42 Å². The molecule has 7 aliphatic rings. The highest BCUT2D eigenvalue weighted by molar-refractivity contribution is 5.47. The Labute approximate surface area is 174 Å². The maximum Gasteiger partial charge on any atom is -0.0170 e. The van der Waals surface area contributed by atoms with Crippen molar-refractivity contribution in [3.05, 3.63) is 0 Å². The van der Waals surface area contributed by atoms with Crippen molar-refractivity contribution in [3.63, 3.8) is 0 Å². The molecule has 0 aromatic carbocycles. The van der Waals surface area contributed by atoms with Gasteiger partial charge < -0.3 is 0 Å². The van der Waals surface area contributed by atoms with Gasteiger partial charge in [-0.2, -0.15) is 0 Å². The molecule has 0 amide bonds. The average Bonchev–Trinajstić information content (AvgIpc) is 2.98. The minimum Gasteiger partial charge on any atom is -0.0651 e. The molecule has 0 saturated heterocycles. The van der Waals surface area contributed by atoms with Crippen LogP contribution in [0.3, 0.4) is 0 Å². The van der Waals surface area contributed by atoms with Crippen LogP contribution >= 0.6 is 0 Å². The fourth-order valence-electron chi connectivity index (χ4n) is 15.0. The molecule has 0 N–H and O–H groups in total. The Bertz CT molecular complexity index is 839. The molecular weight excluding hydrogens is 336 g/mol. The van der Waals surface area contributed by atoms with Gasteiger partial charge in [0.2, 0.25) is 0 Å². The van der Waals surface area contributed by atoms with Gasteiger partial charge in [-0.3, -0.25) is 0 Å². The van der Waals surface area contributed by atoms with Crippen LogP contribution in [0.25, 0.3) is 0 Å². The maximum absolute atomic E-state index is 2.82. The van der Waals surface area contributed by atoms with E-state index in [0.717, 1.165) is 47.3 Å². The summed E-state index contributed by atoms with van der Waals surface area (Å²) in [5.41, 5.74) is 4.06. The van der Waals surface area contributed by atoms with Gasteiger partial charge in [-0.1, -0.05) is 75.7 Å². The monoisotopic (exact) mass is 380 g/mol. The Morgan fingerprint density at radius 1 is 0.714 bits per heavy atom. The molecule has 0 nitrogen and oxygen atoms in total. The molecule has 2 bridgehead atoms. The molecule has 7 rings (SSSR count). The molecule has 7 aliphatic carbocycles. The van der Waals surface area contributed by atoms with Crippen LogP contribution < -0.4 is 0 Å². The van der Waals surface area contributed by atoms with E-state index in [9.17, 15) is 0 Å². The van der Waals surface area contributed by atoms with Crippen molar-refractivity contribution in [2.45, 2.75) is 88.5 Å². The third kappa shape index (κ3) is 0.947. The van der Waals surface area contributed by atoms with E-state index in [2.05, 4.69) is 69.2 Å². The van der Waals surface area contributed by atoms with Crippen LogP contribution in [-0.2, 0) is 0 Å². The van der Waals surface area contributed by atoms with Crippen LogP contribution in [-0.4, -0.2) is 0 Å². The van der Waals surface area contributed by atoms with Gasteiger partial charge in [0.1, 0.15) is 0 Å². The SMILES string of the molecule is CCC1C2C3C4CC(C)(C3(C)C2(C)C1(C)C)C1(C)C4C2C3CC(C)C3(C)C21C. The lowest BCUT2D eigenvalue weighted by atomic mass is 9.07. The zero-order valence-electron chi connectivity index (χ0n) is 20.2. The average molecular weight is 381 g/mol. The van der Waals surface area contributed by atoms with Gasteiger partial charge in [0, 0.05) is 0 Å². The predicted molar refractivity (Wildman–Crippen MR) is 116 cm³/mol. The lowest BCUT2D eigenvalue weighted by Crippen LogP contribution is -2.93. The second-order valence-electron chi connectivity index (χ2n) is 14.9. The standard InChI is InChI=1S/C28H44/c1-11-16-20-18-15-13-23(5,26(18,8)25(20,7)22(16,3)4)27(9)19(15)21-17-12-14(2)24(17,6)28(21,27)10/h14-21H,11-13H2,1-10H3. The van der Waals surface area contributed by atoms with E-state index >= 15 is 0 Å². The topological polar surface area (TPSA) is 0 Å². The Hall–Kier alpha value is 0. The lowest BCUT2D eigenvalue weighted by Gasteiger charge is -2.97. The first-order valence-corrected chi connectivity index (χ1v) is 12.8. The first-order chi connectivity index (χ1) is 12.8. The zero-order chi connectivity index (χ0) is 20.2. The molecule has 0 heteroatoms. The van der Waals surface area contributed by atoms with E-state index in [1.54, 1.807) is 12.8 Å². The van der Waals surface area contributed by atoms with Gasteiger partial charge in [-0.25, -0.2) is 0 Å². The summed E-state index contributed by atoms with van der Waals surface area (Å²) in [7, 11) is 0. The Kier molecular flexibility index (Phi) is 2.42. The molecule has 7 fully saturated rings. The van der Waals surface area contributed by atoms with Gasteiger partial charge in [0.25, 0.3) is 0 Å². The zero-order valence-corrected chi connectivity index (χ0v) is 20.2. The maximum atomic E-state index is 2.82. The summed E-state index contributed by atoms with van der Waals surface area (Å²) in [6.07, 6.45) is 4.52. The predicted octanol–water partition coefficient (Wildman–Crippen LogP) is 7.29. The van der Waals surface area contributed by atoms with Crippen LogP contribution in [0.5, 0.6) is 0 Å². The lowest BCUT2D eigenvalue weighted by molar-refractivity contribution is -0.504. The smallest absolute Gasteiger partial charge is 0.0170 e. The molecule has 0 heterocycles. The highest BCUT2D eigenvalue weighted by Gasteiger charge is 3.00. The summed E-state index contributed by atoms with van der Waals surface area (Å²) in [4.78, 5) is 0. The van der Waals surface area contributed by atoms with Crippen molar-refractivity contribution >= 4 is 0 Å². The second kappa shape index (κ2) is 3.83. The van der Waals surface area contributed by atoms with Crippen molar-refractivity contribution < 1.29 is 0 Å². The van der Waals surface area contributed by atoms with Gasteiger partial charge >= 0.3 is 0 Å². The summed E-state index contributed by atoms with van der Waals surface area (Å²) in [5.74, 6) is 8.29. The fraction of sp³-hybridized carbons (Fsp3) is 1.00. The van der Waals surface area contributed by atoms with Crippen molar-refractivity contribution in [2.24, 2.45) is 85.2 Å². The number of fused-ring (bicyclic) bond motifs is 17. The van der Waals surface area contributed by atoms with E-state index in [1.807, 2.05) is 0 Å². The molecule has 28 heavy (non-hydrogen) atoms. The van der Waals surface area contributed by atoms with Crippen LogP contribution in [0, 0.1) is 85.2 Å². The van der Waals surface area contributed by atoms with Gasteiger partial charge in [0.15, 0.2) is 0 Å². The van der Waals surface area contributed by atoms with Crippen LogP contribution in [0.15, 0.2) is 0 Å². The summed E-state index contributed by atoms with van der Waals surface area (Å²) < 4.78 is 0. The molecule has 156 valence electrons. The van der Waals surface area contributed by atoms with E-state index in [0.29, 0.717) is 37.9 Å². The Morgan fingerprint density at radius 3 is 1.86 bits per heavy atom. The van der Waals surface area contributed by atoms with Crippen molar-refractivity contribution in [3.8, 4) is 0 Å². The normalized spacial score (nSPS) is 78.6. The first-order valence-electron chi connectivity index (χ1n) is 12.8. The molecule has 0 aliphatic heterocycles. The summed E-state index contributed by atoms with van der Waals surface area (Å²) in [6, 6.07) is 0. The van der Waals surface area contributed by atoms with Crippen molar-refractivity contribution in [1.82, 2.24) is 0 Å². The number of hydrogen-bond donors (Lipinski definition) is 0. The van der Waals surface area contributed by atoms with Crippen molar-refractivity contribution in [2.75, 3.05) is 0 Å². The summed E-state index contributed by atoms with van der Waals surface area (Å²) in [6.45, 7) is 27.0. The molecule has 14 unspecified atom stereocenters. The highest BCUT2D eigenvalue weighted by Crippen LogP contribution is 3.05. The van der Waals surface area contributed by atoms with E-state index in [-0.39, 0.29) is 0 Å². The third-order valence-corrected chi connectivity index (χ3v) is 16.5. The highest BCUT2D eigenvalue weighted by atomic mass is 15.0. The largest absolute Gasteiger partial charge is 0.0651 e. The van der Waals surface area contributed by atoms with Crippen LogP contribution in [0.1, 0.15) is 88.5 Å². The van der Waals surface area contributed by atoms with Crippen molar-refractivity contribution in [1.29, 1.82) is 0 Å². The molecule has 0 aromatic rings. The summed E-state index contributed by atoms with van der Waals surface area (Å²) >= 11 is 0. The number of hydrogen-bond acceptors (Lipinski definition) is 0. The summed E-state index contributed by atoms with van der Waals surface area (Å²) in [5, 5.41) is 0. The first kappa shape index (κ1) is 17.7. The van der Waals surface area contributed by atoms with Gasteiger partial charge in [0.05, 0.1) is 0 Å². The molecule has 7 saturated carbocycles. The molecule has 0 spiro atoms. The molecular formula is C28H44. The van der Waals surface area contributed by atoms with Crippen LogP contribution in [0.4, 0.5) is 0 Å². The quantitative estimate of drug-likeness (QED) is 0.419. The van der Waals surface area contributed by atoms with E-state index < -0.39 is 0 Å². The molecule has 0 radical (unpaired) electrons. The van der Waals surface area contributed by atoms with Gasteiger partial charge in [-0.05, 0) is 98.1 Å². The third-order valence-electron chi connectivity index (χ3n) is 16.5. The van der Waals surface area contributed by atoms with Crippen LogP contribution in [0.2, 0.25) is 0 Å². The molecule has 0 aromatic heterocycles. The van der Waals surface area contributed by atoms with Gasteiger partial charge in [-0.15, -0.1) is 0 Å². The molecule has 14 atom stereocenters.